The molecule has 4 rings (SSSR count). The molecule has 5 nitrogen and oxygen atoms in total. The van der Waals surface area contributed by atoms with Gasteiger partial charge in [-0.05, 0) is 36.8 Å². The smallest absolute Gasteiger partial charge is 0.335 e. The fraction of sp³-hybridized carbons (Fsp3) is 0.0455. The Hall–Kier alpha value is -3.73. The van der Waals surface area contributed by atoms with Crippen molar-refractivity contribution in [3.63, 3.8) is 0 Å². The summed E-state index contributed by atoms with van der Waals surface area (Å²) in [4.78, 5) is 36.2. The first-order valence-corrected chi connectivity index (χ1v) is 8.30. The van der Waals surface area contributed by atoms with E-state index in [9.17, 15) is 19.5 Å². The molecule has 1 aromatic heterocycles. The first-order valence-electron chi connectivity index (χ1n) is 8.30. The third kappa shape index (κ3) is 2.79. The summed E-state index contributed by atoms with van der Waals surface area (Å²) < 4.78 is 5.73. The van der Waals surface area contributed by atoms with E-state index >= 15 is 0 Å². The molecule has 1 aliphatic carbocycles. The lowest BCUT2D eigenvalue weighted by molar-refractivity contribution is 0.0695. The van der Waals surface area contributed by atoms with Gasteiger partial charge in [-0.2, -0.15) is 0 Å². The Balaban J connectivity index is 1.70. The Labute approximate surface area is 154 Å². The maximum absolute atomic E-state index is 12.4. The van der Waals surface area contributed by atoms with Crippen molar-refractivity contribution in [3.05, 3.63) is 88.2 Å². The predicted molar refractivity (Wildman–Crippen MR) is 98.9 cm³/mol. The van der Waals surface area contributed by atoms with Gasteiger partial charge in [-0.15, -0.1) is 0 Å². The van der Waals surface area contributed by atoms with Crippen LogP contribution >= 0.6 is 0 Å². The topological polar surface area (TPSA) is 84.6 Å². The minimum absolute atomic E-state index is 0.0623. The highest BCUT2D eigenvalue weighted by atomic mass is 16.4. The molecule has 5 heteroatoms. The van der Waals surface area contributed by atoms with Crippen molar-refractivity contribution in [1.29, 1.82) is 0 Å². The fourth-order valence-corrected chi connectivity index (χ4v) is 3.14. The number of Topliss-reactive ketones (excluding diaryl/α,β-unsaturated/α-hetero) is 2. The minimum atomic E-state index is -1.01. The van der Waals surface area contributed by atoms with Crippen molar-refractivity contribution in [2.75, 3.05) is 0 Å². The fourth-order valence-electron chi connectivity index (χ4n) is 3.14. The Morgan fingerprint density at radius 2 is 1.63 bits per heavy atom. The third-order valence-electron chi connectivity index (χ3n) is 4.57. The number of benzene rings is 2. The summed E-state index contributed by atoms with van der Waals surface area (Å²) >= 11 is 0. The number of carbonyl (C=O) groups excluding carboxylic acids is 2. The number of carbonyl (C=O) groups is 3. The summed E-state index contributed by atoms with van der Waals surface area (Å²) in [6, 6.07) is 15.0. The number of ketones is 2. The first kappa shape index (κ1) is 16.7. The molecule has 0 unspecified atom stereocenters. The monoisotopic (exact) mass is 358 g/mol. The van der Waals surface area contributed by atoms with Crippen LogP contribution in [-0.2, 0) is 0 Å². The van der Waals surface area contributed by atoms with Crippen LogP contribution in [0.3, 0.4) is 0 Å². The number of carboxylic acid groups (broad SMARTS) is 1. The van der Waals surface area contributed by atoms with Gasteiger partial charge in [-0.3, -0.25) is 9.59 Å². The van der Waals surface area contributed by atoms with E-state index in [4.69, 9.17) is 4.42 Å². The van der Waals surface area contributed by atoms with E-state index in [0.29, 0.717) is 33.8 Å². The molecule has 132 valence electrons. The van der Waals surface area contributed by atoms with E-state index in [1.807, 2.05) is 0 Å². The number of rotatable bonds is 3. The number of furan rings is 1. The third-order valence-corrected chi connectivity index (χ3v) is 4.57. The lowest BCUT2D eigenvalue weighted by atomic mass is 10.0. The van der Waals surface area contributed by atoms with Gasteiger partial charge < -0.3 is 9.52 Å². The second-order valence-electron chi connectivity index (χ2n) is 6.30. The average molecular weight is 358 g/mol. The number of fused-ring (bicyclic) bond motifs is 1. The molecule has 1 heterocycles. The maximum atomic E-state index is 12.4. The van der Waals surface area contributed by atoms with Crippen LogP contribution in [0.5, 0.6) is 0 Å². The molecular formula is C22H14O5. The lowest BCUT2D eigenvalue weighted by Crippen LogP contribution is -2.00. The Kier molecular flexibility index (Phi) is 3.85. The number of allylic oxidation sites excluding steroid dienone is 1. The molecule has 2 aromatic carbocycles. The molecule has 1 aliphatic rings. The molecule has 1 N–H and O–H groups in total. The Morgan fingerprint density at radius 3 is 2.26 bits per heavy atom. The van der Waals surface area contributed by atoms with E-state index in [-0.39, 0.29) is 22.7 Å². The summed E-state index contributed by atoms with van der Waals surface area (Å²) in [5.74, 6) is -0.844. The summed E-state index contributed by atoms with van der Waals surface area (Å²) in [7, 11) is 0. The molecule has 0 aliphatic heterocycles. The number of carboxylic acids is 1. The van der Waals surface area contributed by atoms with Crippen LogP contribution in [0.2, 0.25) is 0 Å². The van der Waals surface area contributed by atoms with Crippen LogP contribution in [0.15, 0.2) is 64.6 Å². The van der Waals surface area contributed by atoms with Gasteiger partial charge in [0.2, 0.25) is 0 Å². The normalized spacial score (nSPS) is 13.0. The number of aromatic carboxylic acids is 1. The zero-order valence-corrected chi connectivity index (χ0v) is 14.4. The van der Waals surface area contributed by atoms with Gasteiger partial charge in [0, 0.05) is 16.7 Å². The first-order chi connectivity index (χ1) is 13.0. The van der Waals surface area contributed by atoms with Gasteiger partial charge in [-0.1, -0.05) is 36.4 Å². The molecule has 3 aromatic rings. The van der Waals surface area contributed by atoms with Gasteiger partial charge in [0.05, 0.1) is 11.1 Å². The van der Waals surface area contributed by atoms with Gasteiger partial charge in [0.1, 0.15) is 11.5 Å². The quantitative estimate of drug-likeness (QED) is 0.553. The van der Waals surface area contributed by atoms with E-state index in [1.54, 1.807) is 55.5 Å². The predicted octanol–water partition coefficient (Wildman–Crippen LogP) is 4.42. The molecule has 0 spiro atoms. The molecule has 0 atom stereocenters. The van der Waals surface area contributed by atoms with Crippen molar-refractivity contribution < 1.29 is 23.9 Å². The maximum Gasteiger partial charge on any atom is 0.335 e. The minimum Gasteiger partial charge on any atom is -0.478 e. The molecular weight excluding hydrogens is 344 g/mol. The highest BCUT2D eigenvalue weighted by molar-refractivity contribution is 6.41. The van der Waals surface area contributed by atoms with Crippen molar-refractivity contribution in [2.24, 2.45) is 0 Å². The van der Waals surface area contributed by atoms with Crippen LogP contribution in [0.25, 0.3) is 17.4 Å². The lowest BCUT2D eigenvalue weighted by Gasteiger charge is -2.03. The summed E-state index contributed by atoms with van der Waals surface area (Å²) in [6.07, 6.45) is 1.43. The number of aryl methyl sites for hydroxylation is 1. The molecule has 0 saturated carbocycles. The zero-order chi connectivity index (χ0) is 19.1. The van der Waals surface area contributed by atoms with Crippen LogP contribution in [-0.4, -0.2) is 22.6 Å². The van der Waals surface area contributed by atoms with Gasteiger partial charge in [0.15, 0.2) is 11.6 Å². The highest BCUT2D eigenvalue weighted by Gasteiger charge is 2.32. The highest BCUT2D eigenvalue weighted by Crippen LogP contribution is 2.30. The molecule has 0 radical (unpaired) electrons. The molecule has 0 bridgehead atoms. The van der Waals surface area contributed by atoms with E-state index in [2.05, 4.69) is 0 Å². The van der Waals surface area contributed by atoms with E-state index in [0.717, 1.165) is 0 Å². The van der Waals surface area contributed by atoms with Crippen LogP contribution in [0.1, 0.15) is 42.4 Å². The Morgan fingerprint density at radius 1 is 0.963 bits per heavy atom. The number of hydrogen-bond donors (Lipinski definition) is 1. The van der Waals surface area contributed by atoms with E-state index in [1.165, 1.54) is 12.1 Å². The summed E-state index contributed by atoms with van der Waals surface area (Å²) in [6.45, 7) is 1.72. The average Bonchev–Trinajstić information content (AvgIpc) is 3.22. The largest absolute Gasteiger partial charge is 0.478 e. The molecule has 0 fully saturated rings. The standard InChI is InChI=1S/C22H14O5/c1-12-6-7-13(10-17(12)22(25)26)19-9-8-14(27-19)11-18-20(23)15-4-2-3-5-16(15)21(18)24/h2-11H,1H3,(H,25,26). The van der Waals surface area contributed by atoms with Crippen molar-refractivity contribution >= 4 is 23.6 Å². The van der Waals surface area contributed by atoms with Crippen LogP contribution in [0.4, 0.5) is 0 Å². The van der Waals surface area contributed by atoms with Gasteiger partial charge >= 0.3 is 5.97 Å². The van der Waals surface area contributed by atoms with Crippen LogP contribution < -0.4 is 0 Å². The molecule has 27 heavy (non-hydrogen) atoms. The zero-order valence-electron chi connectivity index (χ0n) is 14.4. The van der Waals surface area contributed by atoms with E-state index < -0.39 is 5.97 Å². The summed E-state index contributed by atoms with van der Waals surface area (Å²) in [5.41, 5.74) is 2.30. The Bertz CT molecular complexity index is 1110. The number of hydrogen-bond acceptors (Lipinski definition) is 4. The SMILES string of the molecule is Cc1ccc(-c2ccc(C=C3C(=O)c4ccccc4C3=O)o2)cc1C(=O)O. The van der Waals surface area contributed by atoms with Crippen molar-refractivity contribution in [1.82, 2.24) is 0 Å². The van der Waals surface area contributed by atoms with Crippen LogP contribution in [0, 0.1) is 6.92 Å². The van der Waals surface area contributed by atoms with Crippen molar-refractivity contribution in [2.45, 2.75) is 6.92 Å². The van der Waals surface area contributed by atoms with Gasteiger partial charge in [0.25, 0.3) is 0 Å². The second-order valence-corrected chi connectivity index (χ2v) is 6.30. The second kappa shape index (κ2) is 6.21. The van der Waals surface area contributed by atoms with Crippen molar-refractivity contribution in [3.8, 4) is 11.3 Å². The molecule has 0 amide bonds. The molecule has 0 saturated heterocycles. The summed E-state index contributed by atoms with van der Waals surface area (Å²) in [5, 5.41) is 9.26. The van der Waals surface area contributed by atoms with Gasteiger partial charge in [-0.25, -0.2) is 4.79 Å².